The highest BCUT2D eigenvalue weighted by Gasteiger charge is 2.30. The molecule has 0 aliphatic rings. The molecule has 5 nitrogen and oxygen atoms in total. The van der Waals surface area contributed by atoms with Crippen LogP contribution in [0.5, 0.6) is 5.75 Å². The zero-order chi connectivity index (χ0) is 20.1. The van der Waals surface area contributed by atoms with E-state index in [1.807, 2.05) is 24.3 Å². The number of rotatable bonds is 6. The van der Waals surface area contributed by atoms with E-state index in [2.05, 4.69) is 20.6 Å². The number of halogens is 3. The van der Waals surface area contributed by atoms with Crippen molar-refractivity contribution in [3.05, 3.63) is 71.4 Å². The number of aryl methyl sites for hydroxylation is 1. The second-order valence-corrected chi connectivity index (χ2v) is 6.12. The van der Waals surface area contributed by atoms with E-state index < -0.39 is 11.7 Å². The smallest absolute Gasteiger partial charge is 0.416 e. The number of anilines is 3. The molecule has 146 valence electrons. The van der Waals surface area contributed by atoms with Gasteiger partial charge in [-0.3, -0.25) is 0 Å². The summed E-state index contributed by atoms with van der Waals surface area (Å²) >= 11 is 0. The van der Waals surface area contributed by atoms with Gasteiger partial charge in [0.25, 0.3) is 0 Å². The minimum atomic E-state index is -4.41. The number of benzene rings is 2. The van der Waals surface area contributed by atoms with Crippen molar-refractivity contribution in [3.8, 4) is 5.75 Å². The van der Waals surface area contributed by atoms with Gasteiger partial charge in [0.05, 0.1) is 12.7 Å². The molecule has 0 unspecified atom stereocenters. The summed E-state index contributed by atoms with van der Waals surface area (Å²) in [6, 6.07) is 14.3. The predicted molar refractivity (Wildman–Crippen MR) is 102 cm³/mol. The maximum absolute atomic E-state index is 12.9. The van der Waals surface area contributed by atoms with E-state index in [1.54, 1.807) is 20.1 Å². The Kier molecular flexibility index (Phi) is 5.67. The molecule has 0 spiro atoms. The van der Waals surface area contributed by atoms with E-state index in [4.69, 9.17) is 4.74 Å². The van der Waals surface area contributed by atoms with E-state index in [-0.39, 0.29) is 11.6 Å². The molecule has 3 aromatic rings. The molecule has 2 N–H and O–H groups in total. The number of nitrogens with zero attached hydrogens (tertiary/aromatic N) is 2. The average molecular weight is 388 g/mol. The van der Waals surface area contributed by atoms with Crippen molar-refractivity contribution in [1.82, 2.24) is 9.97 Å². The SMILES string of the molecule is COc1ccc(CNc2cc(C)nc(Nc3cccc(C(F)(F)F)c3)n2)cc1. The maximum atomic E-state index is 12.9. The molecular formula is C20H19F3N4O. The molecule has 0 saturated heterocycles. The fraction of sp³-hybridized carbons (Fsp3) is 0.200. The van der Waals surface area contributed by atoms with Crippen molar-refractivity contribution >= 4 is 17.5 Å². The van der Waals surface area contributed by atoms with Gasteiger partial charge in [-0.25, -0.2) is 4.98 Å². The van der Waals surface area contributed by atoms with Gasteiger partial charge in [0.2, 0.25) is 5.95 Å². The minimum absolute atomic E-state index is 0.219. The Morgan fingerprint density at radius 1 is 1.00 bits per heavy atom. The lowest BCUT2D eigenvalue weighted by Gasteiger charge is -2.12. The number of ether oxygens (including phenoxy) is 1. The molecule has 0 aliphatic carbocycles. The standard InChI is InChI=1S/C20H19F3N4O/c1-13-10-18(24-12-14-6-8-17(28-2)9-7-14)27-19(25-13)26-16-5-3-4-15(11-16)20(21,22)23/h3-11H,12H2,1-2H3,(H2,24,25,26,27). The number of nitrogens with one attached hydrogen (secondary N) is 2. The summed E-state index contributed by atoms with van der Waals surface area (Å²) in [7, 11) is 1.61. The van der Waals surface area contributed by atoms with Gasteiger partial charge in [-0.1, -0.05) is 18.2 Å². The molecule has 0 aliphatic heterocycles. The lowest BCUT2D eigenvalue weighted by atomic mass is 10.2. The van der Waals surface area contributed by atoms with E-state index in [9.17, 15) is 13.2 Å². The van der Waals surface area contributed by atoms with E-state index in [0.717, 1.165) is 23.4 Å². The average Bonchev–Trinajstić information content (AvgIpc) is 2.66. The van der Waals surface area contributed by atoms with Gasteiger partial charge in [-0.05, 0) is 42.8 Å². The van der Waals surface area contributed by atoms with E-state index in [0.29, 0.717) is 18.1 Å². The van der Waals surface area contributed by atoms with Crippen LogP contribution in [0.2, 0.25) is 0 Å². The van der Waals surface area contributed by atoms with Gasteiger partial charge in [0.15, 0.2) is 0 Å². The summed E-state index contributed by atoms with van der Waals surface area (Å²) in [4.78, 5) is 8.57. The van der Waals surface area contributed by atoms with Crippen LogP contribution in [0.4, 0.5) is 30.6 Å². The molecule has 0 saturated carbocycles. The molecule has 1 heterocycles. The Hall–Kier alpha value is -3.29. The maximum Gasteiger partial charge on any atom is 0.416 e. The molecule has 0 radical (unpaired) electrons. The van der Waals surface area contributed by atoms with Crippen LogP contribution in [-0.4, -0.2) is 17.1 Å². The lowest BCUT2D eigenvalue weighted by molar-refractivity contribution is -0.137. The summed E-state index contributed by atoms with van der Waals surface area (Å²) in [6.45, 7) is 2.32. The van der Waals surface area contributed by atoms with Crippen LogP contribution in [0.3, 0.4) is 0 Å². The Morgan fingerprint density at radius 3 is 2.43 bits per heavy atom. The topological polar surface area (TPSA) is 59.1 Å². The molecule has 1 aromatic heterocycles. The Bertz CT molecular complexity index is 943. The summed E-state index contributed by atoms with van der Waals surface area (Å²) < 4.78 is 43.7. The van der Waals surface area contributed by atoms with Crippen molar-refractivity contribution in [1.29, 1.82) is 0 Å². The largest absolute Gasteiger partial charge is 0.497 e. The first kappa shape index (κ1) is 19.5. The fourth-order valence-corrected chi connectivity index (χ4v) is 2.55. The molecule has 0 fully saturated rings. The normalized spacial score (nSPS) is 11.2. The van der Waals surface area contributed by atoms with Crippen LogP contribution in [0.1, 0.15) is 16.8 Å². The van der Waals surface area contributed by atoms with Gasteiger partial charge in [0.1, 0.15) is 11.6 Å². The Balaban J connectivity index is 1.72. The fourth-order valence-electron chi connectivity index (χ4n) is 2.55. The highest BCUT2D eigenvalue weighted by atomic mass is 19.4. The molecule has 0 amide bonds. The summed E-state index contributed by atoms with van der Waals surface area (Å²) in [6.07, 6.45) is -4.41. The Labute approximate surface area is 160 Å². The highest BCUT2D eigenvalue weighted by molar-refractivity contribution is 5.56. The van der Waals surface area contributed by atoms with Crippen LogP contribution in [0, 0.1) is 6.92 Å². The van der Waals surface area contributed by atoms with Crippen molar-refractivity contribution in [3.63, 3.8) is 0 Å². The quantitative estimate of drug-likeness (QED) is 0.610. The summed E-state index contributed by atoms with van der Waals surface area (Å²) in [5, 5.41) is 6.02. The second-order valence-electron chi connectivity index (χ2n) is 6.12. The van der Waals surface area contributed by atoms with Crippen molar-refractivity contribution < 1.29 is 17.9 Å². The van der Waals surface area contributed by atoms with Gasteiger partial charge < -0.3 is 15.4 Å². The molecule has 2 aromatic carbocycles. The third-order valence-electron chi connectivity index (χ3n) is 3.93. The zero-order valence-corrected chi connectivity index (χ0v) is 15.3. The minimum Gasteiger partial charge on any atom is -0.497 e. The monoisotopic (exact) mass is 388 g/mol. The molecule has 0 bridgehead atoms. The van der Waals surface area contributed by atoms with Crippen LogP contribution >= 0.6 is 0 Å². The van der Waals surface area contributed by atoms with Gasteiger partial charge in [0, 0.05) is 24.0 Å². The van der Waals surface area contributed by atoms with Crippen molar-refractivity contribution in [2.75, 3.05) is 17.7 Å². The lowest BCUT2D eigenvalue weighted by Crippen LogP contribution is -2.07. The molecule has 0 atom stereocenters. The van der Waals surface area contributed by atoms with E-state index in [1.165, 1.54) is 12.1 Å². The summed E-state index contributed by atoms with van der Waals surface area (Å²) in [5.74, 6) is 1.56. The highest BCUT2D eigenvalue weighted by Crippen LogP contribution is 2.31. The van der Waals surface area contributed by atoms with Crippen LogP contribution in [0.25, 0.3) is 0 Å². The Morgan fingerprint density at radius 2 is 1.75 bits per heavy atom. The first-order valence-corrected chi connectivity index (χ1v) is 8.50. The van der Waals surface area contributed by atoms with Gasteiger partial charge in [-0.2, -0.15) is 18.2 Å². The molecular weight excluding hydrogens is 369 g/mol. The third-order valence-corrected chi connectivity index (χ3v) is 3.93. The molecule has 8 heteroatoms. The first-order chi connectivity index (χ1) is 13.3. The van der Waals surface area contributed by atoms with Crippen LogP contribution in [0.15, 0.2) is 54.6 Å². The molecule has 3 rings (SSSR count). The number of methoxy groups -OCH3 is 1. The van der Waals surface area contributed by atoms with Gasteiger partial charge >= 0.3 is 6.18 Å². The predicted octanol–water partition coefficient (Wildman–Crippen LogP) is 5.17. The number of hydrogen-bond acceptors (Lipinski definition) is 5. The van der Waals surface area contributed by atoms with E-state index >= 15 is 0 Å². The van der Waals surface area contributed by atoms with Crippen molar-refractivity contribution in [2.45, 2.75) is 19.6 Å². The second kappa shape index (κ2) is 8.16. The zero-order valence-electron chi connectivity index (χ0n) is 15.3. The third kappa shape index (κ3) is 5.12. The van der Waals surface area contributed by atoms with Gasteiger partial charge in [-0.15, -0.1) is 0 Å². The number of aromatic nitrogens is 2. The summed E-state index contributed by atoms with van der Waals surface area (Å²) in [5.41, 5.74) is 1.25. The van der Waals surface area contributed by atoms with Crippen LogP contribution < -0.4 is 15.4 Å². The number of alkyl halides is 3. The first-order valence-electron chi connectivity index (χ1n) is 8.50. The van der Waals surface area contributed by atoms with Crippen LogP contribution in [-0.2, 0) is 12.7 Å². The molecule has 28 heavy (non-hydrogen) atoms. The van der Waals surface area contributed by atoms with Crippen molar-refractivity contribution in [2.24, 2.45) is 0 Å². The number of hydrogen-bond donors (Lipinski definition) is 2.